The van der Waals surface area contributed by atoms with E-state index in [-0.39, 0.29) is 31.3 Å². The van der Waals surface area contributed by atoms with Gasteiger partial charge in [0.05, 0.1) is 25.5 Å². The minimum atomic E-state index is -0.486. The fraction of sp³-hybridized carbons (Fsp3) is 0.160. The number of primary amides is 1. The number of carbonyl (C=O) groups is 3. The van der Waals surface area contributed by atoms with Crippen LogP contribution in [0.1, 0.15) is 34.8 Å². The fourth-order valence-corrected chi connectivity index (χ4v) is 3.07. The van der Waals surface area contributed by atoms with Crippen LogP contribution in [0.2, 0.25) is 0 Å². The van der Waals surface area contributed by atoms with Gasteiger partial charge in [0, 0.05) is 11.3 Å². The molecule has 0 aliphatic rings. The molecule has 4 N–H and O–H groups in total. The highest BCUT2D eigenvalue weighted by molar-refractivity contribution is 5.95. The van der Waals surface area contributed by atoms with Gasteiger partial charge in [0.1, 0.15) is 5.75 Å². The maximum absolute atomic E-state index is 12.7. The summed E-state index contributed by atoms with van der Waals surface area (Å²) in [5.74, 6) is -0.345. The van der Waals surface area contributed by atoms with Crippen LogP contribution in [0.4, 0.5) is 5.69 Å². The third kappa shape index (κ3) is 6.98. The van der Waals surface area contributed by atoms with Gasteiger partial charge in [0.25, 0.3) is 5.91 Å². The van der Waals surface area contributed by atoms with Crippen molar-refractivity contribution in [1.29, 1.82) is 0 Å². The molecular formula is C25H25N3O4. The predicted molar refractivity (Wildman–Crippen MR) is 122 cm³/mol. The quantitative estimate of drug-likeness (QED) is 0.457. The molecule has 0 aromatic heterocycles. The minimum Gasteiger partial charge on any atom is -0.493 e. The second-order valence-corrected chi connectivity index (χ2v) is 7.14. The van der Waals surface area contributed by atoms with Gasteiger partial charge in [-0.2, -0.15) is 0 Å². The van der Waals surface area contributed by atoms with E-state index in [4.69, 9.17) is 10.5 Å². The first-order valence-electron chi connectivity index (χ1n) is 10.2. The molecule has 3 amide bonds. The van der Waals surface area contributed by atoms with Crippen molar-refractivity contribution in [3.8, 4) is 5.75 Å². The highest BCUT2D eigenvalue weighted by Gasteiger charge is 2.19. The van der Waals surface area contributed by atoms with Gasteiger partial charge >= 0.3 is 0 Å². The van der Waals surface area contributed by atoms with Crippen LogP contribution in [0.5, 0.6) is 5.75 Å². The summed E-state index contributed by atoms with van der Waals surface area (Å²) in [5.41, 5.74) is 7.05. The molecule has 0 bridgehead atoms. The van der Waals surface area contributed by atoms with Crippen molar-refractivity contribution >= 4 is 23.4 Å². The van der Waals surface area contributed by atoms with Crippen LogP contribution in [-0.4, -0.2) is 24.3 Å². The third-order valence-corrected chi connectivity index (χ3v) is 4.69. The second kappa shape index (κ2) is 11.3. The Labute approximate surface area is 186 Å². The lowest BCUT2D eigenvalue weighted by atomic mass is 10.0. The number of amides is 3. The van der Waals surface area contributed by atoms with E-state index in [0.29, 0.717) is 17.0 Å². The number of hydrogen-bond donors (Lipinski definition) is 3. The maximum Gasteiger partial charge on any atom is 0.251 e. The van der Waals surface area contributed by atoms with Gasteiger partial charge in [0.15, 0.2) is 0 Å². The summed E-state index contributed by atoms with van der Waals surface area (Å²) in [6, 6.07) is 24.6. The average molecular weight is 431 g/mol. The Kier molecular flexibility index (Phi) is 7.97. The van der Waals surface area contributed by atoms with Gasteiger partial charge in [-0.25, -0.2) is 0 Å². The van der Waals surface area contributed by atoms with Gasteiger partial charge in [-0.15, -0.1) is 0 Å². The molecule has 3 aromatic rings. The molecule has 3 aromatic carbocycles. The van der Waals surface area contributed by atoms with Crippen molar-refractivity contribution < 1.29 is 19.1 Å². The molecule has 1 unspecified atom stereocenters. The molecule has 7 nitrogen and oxygen atoms in total. The number of hydrogen-bond acceptors (Lipinski definition) is 4. The largest absolute Gasteiger partial charge is 0.493 e. The number of ether oxygens (including phenoxy) is 1. The molecule has 0 saturated heterocycles. The second-order valence-electron chi connectivity index (χ2n) is 7.14. The van der Waals surface area contributed by atoms with Crippen molar-refractivity contribution in [3.63, 3.8) is 0 Å². The lowest BCUT2D eigenvalue weighted by Gasteiger charge is -2.19. The average Bonchev–Trinajstić information content (AvgIpc) is 2.80. The van der Waals surface area contributed by atoms with Gasteiger partial charge in [0.2, 0.25) is 11.8 Å². The van der Waals surface area contributed by atoms with Gasteiger partial charge in [-0.1, -0.05) is 48.5 Å². The summed E-state index contributed by atoms with van der Waals surface area (Å²) >= 11 is 0. The molecule has 0 aliphatic carbocycles. The first-order valence-corrected chi connectivity index (χ1v) is 10.2. The van der Waals surface area contributed by atoms with E-state index in [2.05, 4.69) is 10.6 Å². The smallest absolute Gasteiger partial charge is 0.251 e. The van der Waals surface area contributed by atoms with Crippen LogP contribution in [0, 0.1) is 0 Å². The predicted octanol–water partition coefficient (Wildman–Crippen LogP) is 3.44. The summed E-state index contributed by atoms with van der Waals surface area (Å²) in [6.45, 7) is 0.195. The lowest BCUT2D eigenvalue weighted by Crippen LogP contribution is -2.31. The Hall–Kier alpha value is -4.13. The fourth-order valence-electron chi connectivity index (χ4n) is 3.07. The summed E-state index contributed by atoms with van der Waals surface area (Å²) in [5, 5.41) is 5.79. The number of carbonyl (C=O) groups excluding carboxylic acids is 3. The molecule has 164 valence electrons. The third-order valence-electron chi connectivity index (χ3n) is 4.69. The van der Waals surface area contributed by atoms with Crippen molar-refractivity contribution in [2.45, 2.75) is 18.9 Å². The number of anilines is 1. The zero-order chi connectivity index (χ0) is 22.8. The molecule has 0 radical (unpaired) electrons. The lowest BCUT2D eigenvalue weighted by molar-refractivity contribution is -0.118. The summed E-state index contributed by atoms with van der Waals surface area (Å²) in [7, 11) is 0. The van der Waals surface area contributed by atoms with Gasteiger partial charge in [-0.05, 0) is 42.0 Å². The Morgan fingerprint density at radius 3 is 2.09 bits per heavy atom. The highest BCUT2D eigenvalue weighted by atomic mass is 16.5. The summed E-state index contributed by atoms with van der Waals surface area (Å²) in [4.78, 5) is 36.1. The van der Waals surface area contributed by atoms with Gasteiger partial charge < -0.3 is 21.1 Å². The van der Waals surface area contributed by atoms with Gasteiger partial charge in [-0.3, -0.25) is 14.4 Å². The number of benzene rings is 3. The highest BCUT2D eigenvalue weighted by Crippen LogP contribution is 2.20. The minimum absolute atomic E-state index is 0.0689. The molecule has 0 spiro atoms. The van der Waals surface area contributed by atoms with Crippen molar-refractivity contribution in [1.82, 2.24) is 5.32 Å². The molecular weight excluding hydrogens is 406 g/mol. The molecule has 0 saturated carbocycles. The number of rotatable bonds is 10. The van der Waals surface area contributed by atoms with Crippen LogP contribution in [-0.2, 0) is 9.59 Å². The van der Waals surface area contributed by atoms with Crippen molar-refractivity contribution in [2.75, 3.05) is 11.9 Å². The van der Waals surface area contributed by atoms with Crippen LogP contribution in [0.3, 0.4) is 0 Å². The van der Waals surface area contributed by atoms with Crippen LogP contribution in [0.25, 0.3) is 0 Å². The standard InChI is InChI=1S/C25H25N3O4/c26-23(29)15-16-32-21-13-11-20(12-14-21)27-24(30)17-22(18-7-3-1-4-8-18)28-25(31)19-9-5-2-6-10-19/h1-14,22H,15-17H2,(H2,26,29)(H,27,30)(H,28,31). The number of nitrogens with one attached hydrogen (secondary N) is 2. The molecule has 7 heteroatoms. The monoisotopic (exact) mass is 431 g/mol. The van der Waals surface area contributed by atoms with E-state index in [0.717, 1.165) is 5.56 Å². The Morgan fingerprint density at radius 1 is 0.844 bits per heavy atom. The molecule has 0 fully saturated rings. The van der Waals surface area contributed by atoms with Crippen LogP contribution < -0.4 is 21.1 Å². The first-order chi connectivity index (χ1) is 15.5. The van der Waals surface area contributed by atoms with Crippen LogP contribution in [0.15, 0.2) is 84.9 Å². The number of nitrogens with two attached hydrogens (primary N) is 1. The van der Waals surface area contributed by atoms with E-state index in [1.54, 1.807) is 48.5 Å². The summed E-state index contributed by atoms with van der Waals surface area (Å²) in [6.07, 6.45) is 0.202. The zero-order valence-electron chi connectivity index (χ0n) is 17.5. The first kappa shape index (κ1) is 22.6. The molecule has 1 atom stereocenters. The van der Waals surface area contributed by atoms with E-state index in [1.807, 2.05) is 36.4 Å². The van der Waals surface area contributed by atoms with Crippen molar-refractivity contribution in [2.24, 2.45) is 5.73 Å². The molecule has 32 heavy (non-hydrogen) atoms. The summed E-state index contributed by atoms with van der Waals surface area (Å²) < 4.78 is 5.42. The maximum atomic E-state index is 12.7. The Morgan fingerprint density at radius 2 is 1.47 bits per heavy atom. The van der Waals surface area contributed by atoms with E-state index in [9.17, 15) is 14.4 Å². The molecule has 0 aliphatic heterocycles. The SMILES string of the molecule is NC(=O)CCOc1ccc(NC(=O)CC(NC(=O)c2ccccc2)c2ccccc2)cc1. The van der Waals surface area contributed by atoms with E-state index >= 15 is 0 Å². The Bertz CT molecular complexity index is 1040. The van der Waals surface area contributed by atoms with E-state index in [1.165, 1.54) is 0 Å². The zero-order valence-corrected chi connectivity index (χ0v) is 17.5. The molecule has 0 heterocycles. The van der Waals surface area contributed by atoms with Crippen LogP contribution >= 0.6 is 0 Å². The van der Waals surface area contributed by atoms with E-state index < -0.39 is 11.9 Å². The topological polar surface area (TPSA) is 111 Å². The Balaban J connectivity index is 1.62. The molecule has 3 rings (SSSR count). The normalized spacial score (nSPS) is 11.2. The van der Waals surface area contributed by atoms with Crippen molar-refractivity contribution in [3.05, 3.63) is 96.1 Å².